The Kier molecular flexibility index (Phi) is 4.42. The topological polar surface area (TPSA) is 64.3 Å². The van der Waals surface area contributed by atoms with E-state index in [0.29, 0.717) is 11.4 Å². The van der Waals surface area contributed by atoms with E-state index < -0.39 is 11.7 Å². The second kappa shape index (κ2) is 6.26. The molecule has 0 saturated carbocycles. The van der Waals surface area contributed by atoms with Crippen molar-refractivity contribution in [3.63, 3.8) is 0 Å². The molecule has 0 fully saturated rings. The first-order valence-electron chi connectivity index (χ1n) is 6.51. The number of anilines is 2. The third-order valence-corrected chi connectivity index (χ3v) is 3.18. The van der Waals surface area contributed by atoms with E-state index in [9.17, 15) is 9.18 Å². The molecule has 21 heavy (non-hydrogen) atoms. The van der Waals surface area contributed by atoms with Gasteiger partial charge in [-0.15, -0.1) is 0 Å². The number of nitrogens with one attached hydrogen (secondary N) is 1. The molecule has 0 spiro atoms. The minimum Gasteiger partial charge on any atom is -0.483 e. The molecule has 4 nitrogen and oxygen atoms in total. The highest BCUT2D eigenvalue weighted by molar-refractivity contribution is 5.92. The van der Waals surface area contributed by atoms with Crippen molar-refractivity contribution < 1.29 is 13.9 Å². The molecule has 0 aromatic heterocycles. The van der Waals surface area contributed by atoms with Crippen molar-refractivity contribution in [2.45, 2.75) is 13.8 Å². The molecule has 0 unspecified atom stereocenters. The second-order valence-corrected chi connectivity index (χ2v) is 4.77. The van der Waals surface area contributed by atoms with E-state index >= 15 is 0 Å². The van der Waals surface area contributed by atoms with Gasteiger partial charge in [-0.3, -0.25) is 4.79 Å². The minimum absolute atomic E-state index is 0.0459. The van der Waals surface area contributed by atoms with Crippen molar-refractivity contribution in [3.05, 3.63) is 53.3 Å². The van der Waals surface area contributed by atoms with Gasteiger partial charge in [-0.2, -0.15) is 0 Å². The second-order valence-electron chi connectivity index (χ2n) is 4.77. The Balaban J connectivity index is 1.99. The third-order valence-electron chi connectivity index (χ3n) is 3.18. The molecule has 0 saturated heterocycles. The van der Waals surface area contributed by atoms with Crippen molar-refractivity contribution in [1.82, 2.24) is 0 Å². The van der Waals surface area contributed by atoms with Crippen LogP contribution < -0.4 is 15.8 Å². The van der Waals surface area contributed by atoms with Gasteiger partial charge in [0.2, 0.25) is 0 Å². The van der Waals surface area contributed by atoms with E-state index in [1.54, 1.807) is 6.07 Å². The Bertz CT molecular complexity index is 671. The van der Waals surface area contributed by atoms with Crippen LogP contribution in [0.25, 0.3) is 0 Å². The van der Waals surface area contributed by atoms with Crippen LogP contribution in [0.2, 0.25) is 0 Å². The van der Waals surface area contributed by atoms with Crippen LogP contribution in [0.1, 0.15) is 11.1 Å². The van der Waals surface area contributed by atoms with Gasteiger partial charge in [0.25, 0.3) is 5.91 Å². The van der Waals surface area contributed by atoms with Gasteiger partial charge in [-0.25, -0.2) is 4.39 Å². The first kappa shape index (κ1) is 14.8. The average molecular weight is 288 g/mol. The number of ether oxygens (including phenoxy) is 1. The number of carbonyl (C=O) groups is 1. The number of aryl methyl sites for hydroxylation is 1. The van der Waals surface area contributed by atoms with Gasteiger partial charge in [-0.05, 0) is 49.2 Å². The third kappa shape index (κ3) is 3.72. The first-order valence-corrected chi connectivity index (χ1v) is 6.51. The summed E-state index contributed by atoms with van der Waals surface area (Å²) in [6, 6.07) is 9.60. The summed E-state index contributed by atoms with van der Waals surface area (Å²) in [4.78, 5) is 11.8. The summed E-state index contributed by atoms with van der Waals surface area (Å²) in [6.45, 7) is 3.68. The molecule has 0 aliphatic carbocycles. The number of amides is 1. The number of rotatable bonds is 4. The quantitative estimate of drug-likeness (QED) is 0.850. The van der Waals surface area contributed by atoms with Gasteiger partial charge in [0.1, 0.15) is 11.6 Å². The van der Waals surface area contributed by atoms with Crippen LogP contribution in [0.4, 0.5) is 15.8 Å². The molecule has 1 amide bonds. The maximum Gasteiger partial charge on any atom is 0.262 e. The fraction of sp³-hybridized carbons (Fsp3) is 0.188. The molecule has 0 atom stereocenters. The predicted molar refractivity (Wildman–Crippen MR) is 80.9 cm³/mol. The summed E-state index contributed by atoms with van der Waals surface area (Å²) in [5.41, 5.74) is 8.03. The maximum atomic E-state index is 13.5. The Morgan fingerprint density at radius 2 is 2.05 bits per heavy atom. The predicted octanol–water partition coefficient (Wildman–Crippen LogP) is 3.04. The molecule has 0 heterocycles. The summed E-state index contributed by atoms with van der Waals surface area (Å²) in [5, 5.41) is 2.44. The van der Waals surface area contributed by atoms with Crippen molar-refractivity contribution in [3.8, 4) is 5.75 Å². The van der Waals surface area contributed by atoms with Crippen molar-refractivity contribution >= 4 is 17.3 Å². The molecular weight excluding hydrogens is 271 g/mol. The Morgan fingerprint density at radius 1 is 1.29 bits per heavy atom. The van der Waals surface area contributed by atoms with E-state index in [4.69, 9.17) is 10.5 Å². The standard InChI is InChI=1S/C16H17FN2O2/c1-10-4-3-5-15(11(10)2)21-9-16(20)19-14-8-12(18)6-7-13(14)17/h3-8H,9,18H2,1-2H3,(H,19,20). The number of hydrogen-bond donors (Lipinski definition) is 2. The van der Waals surface area contributed by atoms with E-state index in [2.05, 4.69) is 5.32 Å². The summed E-state index contributed by atoms with van der Waals surface area (Å²) in [6.07, 6.45) is 0. The maximum absolute atomic E-state index is 13.5. The van der Waals surface area contributed by atoms with Crippen molar-refractivity contribution in [1.29, 1.82) is 0 Å². The summed E-state index contributed by atoms with van der Waals surface area (Å²) >= 11 is 0. The summed E-state index contributed by atoms with van der Waals surface area (Å²) in [5.74, 6) is -0.345. The van der Waals surface area contributed by atoms with Gasteiger partial charge in [0.15, 0.2) is 6.61 Å². The van der Waals surface area contributed by atoms with E-state index in [-0.39, 0.29) is 12.3 Å². The molecule has 0 aliphatic heterocycles. The molecule has 2 aromatic rings. The number of hydrogen-bond acceptors (Lipinski definition) is 3. The highest BCUT2D eigenvalue weighted by Gasteiger charge is 2.09. The molecule has 110 valence electrons. The highest BCUT2D eigenvalue weighted by Crippen LogP contribution is 2.21. The van der Waals surface area contributed by atoms with Crippen LogP contribution in [0.15, 0.2) is 36.4 Å². The molecule has 5 heteroatoms. The van der Waals surface area contributed by atoms with Crippen LogP contribution in [0, 0.1) is 19.7 Å². The lowest BCUT2D eigenvalue weighted by Gasteiger charge is -2.11. The zero-order valence-corrected chi connectivity index (χ0v) is 11.9. The summed E-state index contributed by atoms with van der Waals surface area (Å²) in [7, 11) is 0. The number of carbonyl (C=O) groups excluding carboxylic acids is 1. The van der Waals surface area contributed by atoms with Crippen molar-refractivity contribution in [2.24, 2.45) is 0 Å². The summed E-state index contributed by atoms with van der Waals surface area (Å²) < 4.78 is 19.0. The molecule has 0 aliphatic rings. The number of nitrogens with two attached hydrogens (primary N) is 1. The zero-order valence-electron chi connectivity index (χ0n) is 11.9. The fourth-order valence-electron chi connectivity index (χ4n) is 1.85. The van der Waals surface area contributed by atoms with Crippen molar-refractivity contribution in [2.75, 3.05) is 17.7 Å². The van der Waals surface area contributed by atoms with Gasteiger partial charge in [0, 0.05) is 5.69 Å². The molecule has 0 bridgehead atoms. The SMILES string of the molecule is Cc1cccc(OCC(=O)Nc2cc(N)ccc2F)c1C. The molecule has 2 aromatic carbocycles. The number of halogens is 1. The van der Waals surface area contributed by atoms with E-state index in [0.717, 1.165) is 11.1 Å². The van der Waals surface area contributed by atoms with Crippen LogP contribution in [-0.4, -0.2) is 12.5 Å². The molecular formula is C16H17FN2O2. The Labute approximate surface area is 122 Å². The van der Waals surface area contributed by atoms with Crippen LogP contribution in [0.5, 0.6) is 5.75 Å². The lowest BCUT2D eigenvalue weighted by atomic mass is 10.1. The molecule has 2 rings (SSSR count). The minimum atomic E-state index is -0.538. The lowest BCUT2D eigenvalue weighted by Crippen LogP contribution is -2.21. The van der Waals surface area contributed by atoms with Crippen LogP contribution >= 0.6 is 0 Å². The normalized spacial score (nSPS) is 10.2. The van der Waals surface area contributed by atoms with Gasteiger partial charge < -0.3 is 15.8 Å². The molecule has 3 N–H and O–H groups in total. The fourth-order valence-corrected chi connectivity index (χ4v) is 1.85. The van der Waals surface area contributed by atoms with Gasteiger partial charge in [-0.1, -0.05) is 12.1 Å². The van der Waals surface area contributed by atoms with Crippen LogP contribution in [-0.2, 0) is 4.79 Å². The average Bonchev–Trinajstić information content (AvgIpc) is 2.44. The Morgan fingerprint density at radius 3 is 2.81 bits per heavy atom. The van der Waals surface area contributed by atoms with Gasteiger partial charge in [0.05, 0.1) is 5.69 Å². The lowest BCUT2D eigenvalue weighted by molar-refractivity contribution is -0.118. The zero-order chi connectivity index (χ0) is 15.4. The number of nitrogen functional groups attached to an aromatic ring is 1. The first-order chi connectivity index (χ1) is 9.97. The van der Waals surface area contributed by atoms with E-state index in [1.165, 1.54) is 18.2 Å². The Hall–Kier alpha value is -2.56. The molecule has 0 radical (unpaired) electrons. The smallest absolute Gasteiger partial charge is 0.262 e. The highest BCUT2D eigenvalue weighted by atomic mass is 19.1. The monoisotopic (exact) mass is 288 g/mol. The largest absolute Gasteiger partial charge is 0.483 e. The van der Waals surface area contributed by atoms with Gasteiger partial charge >= 0.3 is 0 Å². The number of benzene rings is 2. The van der Waals surface area contributed by atoms with E-state index in [1.807, 2.05) is 26.0 Å². The van der Waals surface area contributed by atoms with Crippen LogP contribution in [0.3, 0.4) is 0 Å².